The lowest BCUT2D eigenvalue weighted by Crippen LogP contribution is -2.42. The highest BCUT2D eigenvalue weighted by atomic mass is 19.3. The number of rotatable bonds is 9. The van der Waals surface area contributed by atoms with Crippen LogP contribution in [0.3, 0.4) is 0 Å². The summed E-state index contributed by atoms with van der Waals surface area (Å²) >= 11 is 0. The van der Waals surface area contributed by atoms with Crippen LogP contribution in [-0.2, 0) is 11.2 Å². The van der Waals surface area contributed by atoms with Crippen molar-refractivity contribution in [3.63, 3.8) is 0 Å². The largest absolute Gasteiger partial charge is 0.432 e. The molecular weight excluding hydrogens is 336 g/mol. The molecule has 26 heavy (non-hydrogen) atoms. The number of benzene rings is 1. The number of carbonyl (C=O) groups is 1. The smallest absolute Gasteiger partial charge is 0.400 e. The highest BCUT2D eigenvalue weighted by Gasteiger charge is 2.44. The molecule has 1 aromatic carbocycles. The predicted molar refractivity (Wildman–Crippen MR) is 99.3 cm³/mol. The number of halogens is 2. The van der Waals surface area contributed by atoms with E-state index in [1.54, 1.807) is 12.1 Å². The molecule has 0 heterocycles. The van der Waals surface area contributed by atoms with E-state index in [4.69, 9.17) is 4.74 Å². The maximum Gasteiger partial charge on any atom is 0.400 e. The van der Waals surface area contributed by atoms with Crippen LogP contribution in [0.1, 0.15) is 57.4 Å². The molecule has 1 amide bonds. The van der Waals surface area contributed by atoms with Crippen molar-refractivity contribution in [2.75, 3.05) is 0 Å². The molecular formula is C21H29F2NO2. The number of unbranched alkanes of at least 4 members (excludes halogenated alkanes) is 2. The number of carbonyl (C=O) groups excluding carboxylic acids is 1. The zero-order chi connectivity index (χ0) is 19.0. The number of alkyl halides is 2. The third-order valence-electron chi connectivity index (χ3n) is 4.98. The topological polar surface area (TPSA) is 38.3 Å². The number of ether oxygens (including phenoxy) is 1. The van der Waals surface area contributed by atoms with Gasteiger partial charge in [0.1, 0.15) is 5.75 Å². The van der Waals surface area contributed by atoms with Crippen molar-refractivity contribution in [2.24, 2.45) is 5.92 Å². The Morgan fingerprint density at radius 1 is 1.23 bits per heavy atom. The van der Waals surface area contributed by atoms with Gasteiger partial charge >= 0.3 is 6.11 Å². The van der Waals surface area contributed by atoms with Crippen molar-refractivity contribution in [3.05, 3.63) is 42.5 Å². The van der Waals surface area contributed by atoms with Gasteiger partial charge in [0, 0.05) is 6.04 Å². The Morgan fingerprint density at radius 2 is 1.88 bits per heavy atom. The SMILES string of the molecule is C=CC(=O)NC1CCC(C(F)(F)Oc2ccc(CCCCC)cc2)CC1. The predicted octanol–water partition coefficient (Wildman–Crippen LogP) is 5.25. The first-order valence-corrected chi connectivity index (χ1v) is 9.53. The van der Waals surface area contributed by atoms with Gasteiger partial charge in [0.2, 0.25) is 5.91 Å². The molecule has 1 aromatic rings. The maximum absolute atomic E-state index is 14.5. The Morgan fingerprint density at radius 3 is 2.46 bits per heavy atom. The van der Waals surface area contributed by atoms with Gasteiger partial charge in [0.25, 0.3) is 0 Å². The van der Waals surface area contributed by atoms with Gasteiger partial charge in [-0.05, 0) is 62.3 Å². The van der Waals surface area contributed by atoms with E-state index in [-0.39, 0.29) is 17.7 Å². The van der Waals surface area contributed by atoms with Crippen LogP contribution in [0, 0.1) is 5.92 Å². The number of amides is 1. The zero-order valence-electron chi connectivity index (χ0n) is 15.5. The third kappa shape index (κ3) is 6.11. The summed E-state index contributed by atoms with van der Waals surface area (Å²) < 4.78 is 34.0. The summed E-state index contributed by atoms with van der Waals surface area (Å²) in [5, 5.41) is 2.77. The van der Waals surface area contributed by atoms with E-state index in [0.29, 0.717) is 25.7 Å². The van der Waals surface area contributed by atoms with E-state index in [2.05, 4.69) is 18.8 Å². The van der Waals surface area contributed by atoms with E-state index < -0.39 is 12.0 Å². The molecule has 0 aromatic heterocycles. The van der Waals surface area contributed by atoms with Crippen molar-refractivity contribution in [1.29, 1.82) is 0 Å². The Bertz CT molecular complexity index is 578. The van der Waals surface area contributed by atoms with Crippen LogP contribution < -0.4 is 10.1 Å². The lowest BCUT2D eigenvalue weighted by Gasteiger charge is -2.33. The van der Waals surface area contributed by atoms with Gasteiger partial charge in [-0.25, -0.2) is 0 Å². The van der Waals surface area contributed by atoms with Crippen LogP contribution in [0.25, 0.3) is 0 Å². The minimum atomic E-state index is -3.20. The summed E-state index contributed by atoms with van der Waals surface area (Å²) in [6, 6.07) is 6.93. The number of aryl methyl sites for hydroxylation is 1. The molecule has 0 saturated heterocycles. The van der Waals surface area contributed by atoms with E-state index in [9.17, 15) is 13.6 Å². The van der Waals surface area contributed by atoms with Crippen LogP contribution in [0.2, 0.25) is 0 Å². The Kier molecular flexibility index (Phi) is 7.61. The summed E-state index contributed by atoms with van der Waals surface area (Å²) in [6.45, 7) is 5.55. The highest BCUT2D eigenvalue weighted by molar-refractivity contribution is 5.87. The van der Waals surface area contributed by atoms with E-state index in [0.717, 1.165) is 24.8 Å². The average molecular weight is 365 g/mol. The minimum Gasteiger partial charge on any atom is -0.432 e. The summed E-state index contributed by atoms with van der Waals surface area (Å²) in [6.07, 6.45) is 4.11. The molecule has 0 aliphatic heterocycles. The van der Waals surface area contributed by atoms with E-state index >= 15 is 0 Å². The fourth-order valence-electron chi connectivity index (χ4n) is 3.38. The Balaban J connectivity index is 1.84. The zero-order valence-corrected chi connectivity index (χ0v) is 15.5. The number of hydrogen-bond donors (Lipinski definition) is 1. The van der Waals surface area contributed by atoms with Crippen molar-refractivity contribution < 1.29 is 18.3 Å². The van der Waals surface area contributed by atoms with Crippen molar-refractivity contribution >= 4 is 5.91 Å². The van der Waals surface area contributed by atoms with E-state index in [1.165, 1.54) is 12.5 Å². The van der Waals surface area contributed by atoms with Crippen molar-refractivity contribution in [1.82, 2.24) is 5.32 Å². The molecule has 1 fully saturated rings. The van der Waals surface area contributed by atoms with Gasteiger partial charge in [0.15, 0.2) is 0 Å². The normalized spacial score (nSPS) is 20.4. The molecule has 0 unspecified atom stereocenters. The quantitative estimate of drug-likeness (QED) is 0.479. The molecule has 0 bridgehead atoms. The van der Waals surface area contributed by atoms with Crippen LogP contribution in [0.5, 0.6) is 5.75 Å². The van der Waals surface area contributed by atoms with Crippen LogP contribution in [0.15, 0.2) is 36.9 Å². The molecule has 144 valence electrons. The molecule has 2 rings (SSSR count). The van der Waals surface area contributed by atoms with Gasteiger partial charge in [-0.3, -0.25) is 4.79 Å². The lowest BCUT2D eigenvalue weighted by molar-refractivity contribution is -0.222. The van der Waals surface area contributed by atoms with Gasteiger partial charge in [0.05, 0.1) is 5.92 Å². The van der Waals surface area contributed by atoms with Gasteiger partial charge < -0.3 is 10.1 Å². The van der Waals surface area contributed by atoms with Gasteiger partial charge in [-0.2, -0.15) is 8.78 Å². The van der Waals surface area contributed by atoms with Crippen LogP contribution in [-0.4, -0.2) is 18.1 Å². The Hall–Kier alpha value is -1.91. The van der Waals surface area contributed by atoms with Gasteiger partial charge in [-0.1, -0.05) is 38.5 Å². The maximum atomic E-state index is 14.5. The molecule has 0 atom stereocenters. The number of hydrogen-bond acceptors (Lipinski definition) is 2. The molecule has 5 heteroatoms. The third-order valence-corrected chi connectivity index (χ3v) is 4.98. The first-order valence-electron chi connectivity index (χ1n) is 9.53. The summed E-state index contributed by atoms with van der Waals surface area (Å²) in [5.41, 5.74) is 1.15. The van der Waals surface area contributed by atoms with Gasteiger partial charge in [-0.15, -0.1) is 0 Å². The first kappa shape index (κ1) is 20.4. The summed E-state index contributed by atoms with van der Waals surface area (Å²) in [7, 11) is 0. The molecule has 3 nitrogen and oxygen atoms in total. The summed E-state index contributed by atoms with van der Waals surface area (Å²) in [5.74, 6) is -0.879. The highest BCUT2D eigenvalue weighted by Crippen LogP contribution is 2.38. The molecule has 1 aliphatic carbocycles. The van der Waals surface area contributed by atoms with E-state index in [1.807, 2.05) is 12.1 Å². The second-order valence-corrected chi connectivity index (χ2v) is 7.03. The minimum absolute atomic E-state index is 0.0602. The Labute approximate surface area is 154 Å². The molecule has 1 N–H and O–H groups in total. The second-order valence-electron chi connectivity index (χ2n) is 7.03. The fraction of sp³-hybridized carbons (Fsp3) is 0.571. The van der Waals surface area contributed by atoms with Crippen LogP contribution >= 0.6 is 0 Å². The molecule has 0 spiro atoms. The average Bonchev–Trinajstić information content (AvgIpc) is 2.63. The number of nitrogens with one attached hydrogen (secondary N) is 1. The summed E-state index contributed by atoms with van der Waals surface area (Å²) in [4.78, 5) is 11.3. The molecule has 0 radical (unpaired) electrons. The van der Waals surface area contributed by atoms with Crippen LogP contribution in [0.4, 0.5) is 8.78 Å². The molecule has 1 saturated carbocycles. The first-order chi connectivity index (χ1) is 12.4. The second kappa shape index (κ2) is 9.70. The molecule has 1 aliphatic rings. The lowest BCUT2D eigenvalue weighted by atomic mass is 9.85. The monoisotopic (exact) mass is 365 g/mol. The van der Waals surface area contributed by atoms with Crippen molar-refractivity contribution in [3.8, 4) is 5.75 Å². The van der Waals surface area contributed by atoms with Crippen molar-refractivity contribution in [2.45, 2.75) is 70.4 Å². The standard InChI is InChI=1S/C21H29F2NO2/c1-3-5-6-7-16-8-14-19(15-9-16)26-21(22,23)17-10-12-18(13-11-17)24-20(25)4-2/h4,8-9,14-15,17-18H,2-3,5-7,10-13H2,1H3,(H,24,25). The fourth-order valence-corrected chi connectivity index (χ4v) is 3.38.